The van der Waals surface area contributed by atoms with Gasteiger partial charge in [-0.1, -0.05) is 67.8 Å². The number of benzene rings is 3. The minimum absolute atomic E-state index is 0.0278. The molecule has 0 saturated heterocycles. The summed E-state index contributed by atoms with van der Waals surface area (Å²) in [5.74, 6) is 0.960. The molecule has 0 aliphatic heterocycles. The normalized spacial score (nSPS) is 22.8. The summed E-state index contributed by atoms with van der Waals surface area (Å²) in [5, 5.41) is -5.13. The third-order valence-corrected chi connectivity index (χ3v) is 12.2. The molecule has 9 heteroatoms. The van der Waals surface area contributed by atoms with Crippen molar-refractivity contribution in [3.8, 4) is 0 Å². The first-order valence-corrected chi connectivity index (χ1v) is 17.3. The van der Waals surface area contributed by atoms with Crippen molar-refractivity contribution in [1.82, 2.24) is 0 Å². The molecule has 2 bridgehead atoms. The molecule has 0 N–H and O–H groups in total. The molecule has 3 atom stereocenters. The maximum absolute atomic E-state index is 12.8. The van der Waals surface area contributed by atoms with Crippen LogP contribution in [0.4, 0.5) is 17.6 Å². The van der Waals surface area contributed by atoms with Gasteiger partial charge in [0.1, 0.15) is 0 Å². The van der Waals surface area contributed by atoms with Crippen LogP contribution in [0, 0.1) is 11.8 Å². The largest absolute Gasteiger partial charge is 0.428 e. The molecule has 3 aromatic carbocycles. The molecular formula is C33H37F4O3S2+. The summed E-state index contributed by atoms with van der Waals surface area (Å²) >= 11 is 0. The molecule has 3 saturated carbocycles. The molecule has 3 fully saturated rings. The summed E-state index contributed by atoms with van der Waals surface area (Å²) < 4.78 is 75.9. The number of rotatable bonds is 8. The summed E-state index contributed by atoms with van der Waals surface area (Å²) in [7, 11) is -5.58. The van der Waals surface area contributed by atoms with Gasteiger partial charge >= 0.3 is 21.8 Å². The van der Waals surface area contributed by atoms with Crippen LogP contribution in [-0.2, 0) is 25.2 Å². The second kappa shape index (κ2) is 13.5. The fourth-order valence-corrected chi connectivity index (χ4v) is 9.46. The minimum Gasteiger partial charge on any atom is -0.262 e. The predicted molar refractivity (Wildman–Crippen MR) is 158 cm³/mol. The Morgan fingerprint density at radius 1 is 0.714 bits per heavy atom. The number of hydrogen-bond acceptors (Lipinski definition) is 3. The maximum atomic E-state index is 12.8. The fraction of sp³-hybridized carbons (Fsp3) is 0.455. The van der Waals surface area contributed by atoms with Gasteiger partial charge in [-0.15, -0.1) is 0 Å². The van der Waals surface area contributed by atoms with Crippen molar-refractivity contribution in [2.45, 2.75) is 96.2 Å². The van der Waals surface area contributed by atoms with Crippen molar-refractivity contribution in [3.05, 3.63) is 90.5 Å². The SMILES string of the molecule is O=S(=O)(OC1CC2CCC1C2)C(F)(F)C(F)F.c1ccc([S+](c2ccccc2)c2ccc(C3CCCCC3)cc2)cc1. The number of halogens is 4. The van der Waals surface area contributed by atoms with Crippen LogP contribution in [0.3, 0.4) is 0 Å². The number of hydrogen-bond donors (Lipinski definition) is 0. The van der Waals surface area contributed by atoms with Crippen molar-refractivity contribution >= 4 is 21.0 Å². The molecule has 0 heterocycles. The van der Waals surface area contributed by atoms with E-state index in [1.54, 1.807) is 0 Å². The lowest BCUT2D eigenvalue weighted by Crippen LogP contribution is -2.40. The Morgan fingerprint density at radius 2 is 1.26 bits per heavy atom. The van der Waals surface area contributed by atoms with Crippen molar-refractivity contribution in [2.24, 2.45) is 11.8 Å². The highest BCUT2D eigenvalue weighted by Crippen LogP contribution is 2.47. The van der Waals surface area contributed by atoms with Gasteiger partial charge in [0.15, 0.2) is 14.7 Å². The summed E-state index contributed by atoms with van der Waals surface area (Å²) in [4.78, 5) is 4.19. The molecule has 42 heavy (non-hydrogen) atoms. The van der Waals surface area contributed by atoms with Crippen molar-refractivity contribution in [1.29, 1.82) is 0 Å². The molecule has 3 nitrogen and oxygen atoms in total. The van der Waals surface area contributed by atoms with E-state index in [4.69, 9.17) is 0 Å². The Morgan fingerprint density at radius 3 is 1.74 bits per heavy atom. The quantitative estimate of drug-likeness (QED) is 0.143. The standard InChI is InChI=1S/C24H25S.C9H12F4O3S/c1-4-10-20(11-5-1)21-16-18-24(19-17-21)25(22-12-6-2-7-13-22)23-14-8-3-9-15-23;10-8(11)9(12,13)17(14,15)16-7-4-5-1-2-6(7)3-5/h2-3,6-9,12-20H,1,4-5,10-11H2;5-8H,1-4H2/q+1;. The monoisotopic (exact) mass is 621 g/mol. The third kappa shape index (κ3) is 7.05. The molecular weight excluding hydrogens is 584 g/mol. The Bertz CT molecular complexity index is 1340. The summed E-state index contributed by atoms with van der Waals surface area (Å²) in [6, 6.07) is 31.3. The van der Waals surface area contributed by atoms with E-state index in [1.165, 1.54) is 52.4 Å². The molecule has 6 rings (SSSR count). The minimum atomic E-state index is -5.55. The van der Waals surface area contributed by atoms with E-state index in [9.17, 15) is 26.0 Å². The second-order valence-electron chi connectivity index (χ2n) is 11.5. The third-order valence-electron chi connectivity index (χ3n) is 8.66. The average Bonchev–Trinajstić information content (AvgIpc) is 3.63. The Kier molecular flexibility index (Phi) is 10.0. The maximum Gasteiger partial charge on any atom is 0.428 e. The highest BCUT2D eigenvalue weighted by molar-refractivity contribution is 7.97. The summed E-state index contributed by atoms with van der Waals surface area (Å²) in [6.45, 7) is 0. The van der Waals surface area contributed by atoms with Crippen molar-refractivity contribution in [3.63, 3.8) is 0 Å². The molecule has 226 valence electrons. The first-order chi connectivity index (χ1) is 20.2. The molecule has 0 spiro atoms. The Hall–Kier alpha value is -2.36. The molecule has 3 unspecified atom stereocenters. The highest BCUT2D eigenvalue weighted by Gasteiger charge is 2.57. The first-order valence-electron chi connectivity index (χ1n) is 14.7. The van der Waals surface area contributed by atoms with Crippen LogP contribution in [0.1, 0.15) is 69.3 Å². The Labute approximate surface area is 249 Å². The highest BCUT2D eigenvalue weighted by atomic mass is 32.2. The van der Waals surface area contributed by atoms with Gasteiger partial charge in [0.2, 0.25) is 0 Å². The zero-order valence-electron chi connectivity index (χ0n) is 23.4. The Balaban J connectivity index is 0.000000181. The molecule has 0 aromatic heterocycles. The molecule has 0 radical (unpaired) electrons. The predicted octanol–water partition coefficient (Wildman–Crippen LogP) is 9.21. The van der Waals surface area contributed by atoms with E-state index in [2.05, 4.69) is 89.1 Å². The van der Waals surface area contributed by atoms with E-state index in [0.29, 0.717) is 12.8 Å². The lowest BCUT2D eigenvalue weighted by Gasteiger charge is -2.24. The summed E-state index contributed by atoms with van der Waals surface area (Å²) in [5.41, 5.74) is 1.54. The number of fused-ring (bicyclic) bond motifs is 2. The van der Waals surface area contributed by atoms with Gasteiger partial charge in [0.05, 0.1) is 17.0 Å². The second-order valence-corrected chi connectivity index (χ2v) is 15.1. The van der Waals surface area contributed by atoms with Crippen molar-refractivity contribution in [2.75, 3.05) is 0 Å². The van der Waals surface area contributed by atoms with Gasteiger partial charge < -0.3 is 0 Å². The zero-order chi connectivity index (χ0) is 29.7. The fourth-order valence-electron chi connectivity index (χ4n) is 6.47. The van der Waals surface area contributed by atoms with E-state index < -0.39 is 27.9 Å². The van der Waals surface area contributed by atoms with Crippen LogP contribution >= 0.6 is 0 Å². The van der Waals surface area contributed by atoms with Crippen LogP contribution in [-0.4, -0.2) is 26.2 Å². The van der Waals surface area contributed by atoms with Crippen LogP contribution < -0.4 is 0 Å². The van der Waals surface area contributed by atoms with E-state index in [1.807, 2.05) is 0 Å². The first kappa shape index (κ1) is 31.1. The lowest BCUT2D eigenvalue weighted by molar-refractivity contribution is -0.0740. The van der Waals surface area contributed by atoms with Crippen LogP contribution in [0.2, 0.25) is 0 Å². The van der Waals surface area contributed by atoms with E-state index in [0.717, 1.165) is 18.8 Å². The van der Waals surface area contributed by atoms with Gasteiger partial charge in [0, 0.05) is 0 Å². The molecule has 3 aromatic rings. The van der Waals surface area contributed by atoms with Crippen LogP contribution in [0.5, 0.6) is 0 Å². The molecule has 3 aliphatic rings. The average molecular weight is 622 g/mol. The lowest BCUT2D eigenvalue weighted by atomic mass is 9.84. The number of alkyl halides is 4. The molecule has 0 amide bonds. The van der Waals surface area contributed by atoms with Crippen molar-refractivity contribution < 1.29 is 30.2 Å². The zero-order valence-corrected chi connectivity index (χ0v) is 25.0. The van der Waals surface area contributed by atoms with E-state index >= 15 is 0 Å². The smallest absolute Gasteiger partial charge is 0.262 e. The van der Waals surface area contributed by atoms with Gasteiger partial charge in [-0.05, 0) is 98.2 Å². The van der Waals surface area contributed by atoms with Gasteiger partial charge in [0.25, 0.3) is 0 Å². The van der Waals surface area contributed by atoms with E-state index in [-0.39, 0.29) is 22.7 Å². The summed E-state index contributed by atoms with van der Waals surface area (Å²) in [6.07, 6.45) is 4.54. The van der Waals surface area contributed by atoms with Crippen LogP contribution in [0.15, 0.2) is 99.6 Å². The molecule has 3 aliphatic carbocycles. The van der Waals surface area contributed by atoms with Gasteiger partial charge in [-0.2, -0.15) is 17.2 Å². The van der Waals surface area contributed by atoms with Crippen LogP contribution in [0.25, 0.3) is 0 Å². The van der Waals surface area contributed by atoms with Gasteiger partial charge in [-0.3, -0.25) is 4.18 Å². The topological polar surface area (TPSA) is 43.4 Å². The van der Waals surface area contributed by atoms with Gasteiger partial charge in [-0.25, -0.2) is 8.78 Å².